The van der Waals surface area contributed by atoms with Gasteiger partial charge in [-0.15, -0.1) is 0 Å². The number of nitrogens with one attached hydrogen (secondary N) is 2. The van der Waals surface area contributed by atoms with Gasteiger partial charge in [0.05, 0.1) is 18.2 Å². The lowest BCUT2D eigenvalue weighted by Crippen LogP contribution is -2.17. The Kier molecular flexibility index (Phi) is 6.13. The number of hydrogen-bond acceptors (Lipinski definition) is 4. The predicted molar refractivity (Wildman–Crippen MR) is 95.4 cm³/mol. The molecular weight excluding hydrogens is 318 g/mol. The lowest BCUT2D eigenvalue weighted by molar-refractivity contribution is 0.102. The van der Waals surface area contributed by atoms with Gasteiger partial charge < -0.3 is 10.1 Å². The molecule has 0 aliphatic heterocycles. The van der Waals surface area contributed by atoms with Gasteiger partial charge >= 0.3 is 6.09 Å². The van der Waals surface area contributed by atoms with Crippen molar-refractivity contribution in [2.45, 2.75) is 13.8 Å². The summed E-state index contributed by atoms with van der Waals surface area (Å²) >= 11 is 0. The zero-order valence-corrected chi connectivity index (χ0v) is 14.1. The first-order chi connectivity index (χ1) is 12.0. The van der Waals surface area contributed by atoms with Crippen LogP contribution < -0.4 is 10.6 Å². The molecule has 0 saturated carbocycles. The number of carbonyl (C=O) groups excluding carboxylic acids is 2. The van der Waals surface area contributed by atoms with Crippen LogP contribution in [0.5, 0.6) is 0 Å². The maximum atomic E-state index is 12.3. The molecule has 0 aromatic heterocycles. The van der Waals surface area contributed by atoms with Crippen LogP contribution >= 0.6 is 0 Å². The number of nitrogens with zero attached hydrogens (tertiary/aromatic N) is 1. The normalized spacial score (nSPS) is 10.0. The summed E-state index contributed by atoms with van der Waals surface area (Å²) in [5.74, 6) is -0.0859. The molecular formula is C19H19N3O3. The van der Waals surface area contributed by atoms with Crippen molar-refractivity contribution in [1.82, 2.24) is 0 Å². The lowest BCUT2D eigenvalue weighted by Gasteiger charge is -2.10. The molecule has 2 aromatic rings. The molecule has 2 amide bonds. The summed E-state index contributed by atoms with van der Waals surface area (Å²) in [5, 5.41) is 14.2. The Hall–Kier alpha value is -3.33. The quantitative estimate of drug-likeness (QED) is 0.862. The molecule has 0 heterocycles. The largest absolute Gasteiger partial charge is 0.449 e. The van der Waals surface area contributed by atoms with Gasteiger partial charge in [-0.25, -0.2) is 4.79 Å². The maximum Gasteiger partial charge on any atom is 0.411 e. The molecule has 2 aromatic carbocycles. The van der Waals surface area contributed by atoms with Crippen LogP contribution in [0.2, 0.25) is 0 Å². The first kappa shape index (κ1) is 18.0. The van der Waals surface area contributed by atoms with Crippen LogP contribution in [0.25, 0.3) is 0 Å². The van der Waals surface area contributed by atoms with Crippen molar-refractivity contribution in [1.29, 1.82) is 5.26 Å². The van der Waals surface area contributed by atoms with Gasteiger partial charge in [-0.3, -0.25) is 10.1 Å². The minimum atomic E-state index is -0.543. The highest BCUT2D eigenvalue weighted by Crippen LogP contribution is 2.17. The number of ether oxygens (including phenoxy) is 1. The third-order valence-corrected chi connectivity index (χ3v) is 3.17. The van der Waals surface area contributed by atoms with Crippen molar-refractivity contribution in [2.75, 3.05) is 17.2 Å². The second kappa shape index (κ2) is 8.50. The molecule has 0 unspecified atom stereocenters. The van der Waals surface area contributed by atoms with E-state index < -0.39 is 6.09 Å². The average molecular weight is 337 g/mol. The molecule has 0 aliphatic rings. The summed E-state index contributed by atoms with van der Waals surface area (Å²) in [6.07, 6.45) is -0.543. The average Bonchev–Trinajstić information content (AvgIpc) is 2.60. The van der Waals surface area contributed by atoms with E-state index in [-0.39, 0.29) is 11.8 Å². The summed E-state index contributed by atoms with van der Waals surface area (Å²) in [4.78, 5) is 24.0. The number of hydrogen-bond donors (Lipinski definition) is 2. The van der Waals surface area contributed by atoms with Crippen molar-refractivity contribution >= 4 is 23.4 Å². The Balaban J connectivity index is 2.02. The van der Waals surface area contributed by atoms with Crippen LogP contribution in [-0.4, -0.2) is 18.6 Å². The Morgan fingerprint density at radius 2 is 1.76 bits per heavy atom. The van der Waals surface area contributed by atoms with Gasteiger partial charge in [0.2, 0.25) is 0 Å². The molecule has 2 N–H and O–H groups in total. The third kappa shape index (κ3) is 5.66. The van der Waals surface area contributed by atoms with Crippen LogP contribution in [0.15, 0.2) is 48.5 Å². The van der Waals surface area contributed by atoms with E-state index in [9.17, 15) is 9.59 Å². The standard InChI is InChI=1S/C19H19N3O3/c1-13(2)12-25-19(24)22-17-8-4-7-16(10-17)21-18(23)15-6-3-5-14(9-15)11-20/h3-10,13H,12H2,1-2H3,(H,21,23)(H,22,24). The second-order valence-corrected chi connectivity index (χ2v) is 5.84. The SMILES string of the molecule is CC(C)COC(=O)Nc1cccc(NC(=O)c2cccc(C#N)c2)c1. The Bertz CT molecular complexity index is 810. The molecule has 2 rings (SSSR count). The highest BCUT2D eigenvalue weighted by molar-refractivity contribution is 6.04. The van der Waals surface area contributed by atoms with Gasteiger partial charge in [-0.05, 0) is 42.3 Å². The van der Waals surface area contributed by atoms with Crippen LogP contribution in [0.1, 0.15) is 29.8 Å². The van der Waals surface area contributed by atoms with Crippen molar-refractivity contribution in [3.8, 4) is 6.07 Å². The molecule has 0 spiro atoms. The summed E-state index contributed by atoms with van der Waals surface area (Å²) in [6.45, 7) is 4.23. The zero-order valence-electron chi connectivity index (χ0n) is 14.1. The number of amides is 2. The van der Waals surface area contributed by atoms with Crippen LogP contribution in [0.4, 0.5) is 16.2 Å². The van der Waals surface area contributed by atoms with Gasteiger partial charge in [-0.2, -0.15) is 5.26 Å². The van der Waals surface area contributed by atoms with Gasteiger partial charge in [0.25, 0.3) is 5.91 Å². The van der Waals surface area contributed by atoms with Crippen LogP contribution in [-0.2, 0) is 4.74 Å². The molecule has 25 heavy (non-hydrogen) atoms. The fourth-order valence-electron chi connectivity index (χ4n) is 2.00. The van der Waals surface area contributed by atoms with Gasteiger partial charge in [0.1, 0.15) is 0 Å². The molecule has 6 nitrogen and oxygen atoms in total. The van der Waals surface area contributed by atoms with Gasteiger partial charge in [0, 0.05) is 16.9 Å². The van der Waals surface area contributed by atoms with Gasteiger partial charge in [0.15, 0.2) is 0 Å². The predicted octanol–water partition coefficient (Wildman–Crippen LogP) is 4.02. The van der Waals surface area contributed by atoms with Crippen molar-refractivity contribution in [3.63, 3.8) is 0 Å². The number of anilines is 2. The monoisotopic (exact) mass is 337 g/mol. The van der Waals surface area contributed by atoms with E-state index in [0.29, 0.717) is 29.1 Å². The minimum Gasteiger partial charge on any atom is -0.449 e. The zero-order chi connectivity index (χ0) is 18.2. The maximum absolute atomic E-state index is 12.3. The molecule has 0 saturated heterocycles. The topological polar surface area (TPSA) is 91.2 Å². The lowest BCUT2D eigenvalue weighted by atomic mass is 10.1. The van der Waals surface area contributed by atoms with E-state index in [2.05, 4.69) is 10.6 Å². The minimum absolute atomic E-state index is 0.251. The van der Waals surface area contributed by atoms with Crippen molar-refractivity contribution in [3.05, 3.63) is 59.7 Å². The van der Waals surface area contributed by atoms with Crippen molar-refractivity contribution < 1.29 is 14.3 Å². The van der Waals surface area contributed by atoms with E-state index in [4.69, 9.17) is 10.00 Å². The molecule has 128 valence electrons. The third-order valence-electron chi connectivity index (χ3n) is 3.17. The van der Waals surface area contributed by atoms with E-state index in [1.807, 2.05) is 19.9 Å². The number of rotatable bonds is 5. The van der Waals surface area contributed by atoms with E-state index in [1.165, 1.54) is 6.07 Å². The Labute approximate surface area is 146 Å². The smallest absolute Gasteiger partial charge is 0.411 e. The summed E-state index contributed by atoms with van der Waals surface area (Å²) in [5.41, 5.74) is 1.83. The highest BCUT2D eigenvalue weighted by Gasteiger charge is 2.09. The molecule has 0 fully saturated rings. The van der Waals surface area contributed by atoms with E-state index >= 15 is 0 Å². The first-order valence-electron chi connectivity index (χ1n) is 7.83. The van der Waals surface area contributed by atoms with Crippen molar-refractivity contribution in [2.24, 2.45) is 5.92 Å². The van der Waals surface area contributed by atoms with Gasteiger partial charge in [-0.1, -0.05) is 26.0 Å². The molecule has 0 atom stereocenters. The molecule has 0 aliphatic carbocycles. The fourth-order valence-corrected chi connectivity index (χ4v) is 2.00. The number of carbonyl (C=O) groups is 2. The van der Waals surface area contributed by atoms with Crippen LogP contribution in [0.3, 0.4) is 0 Å². The molecule has 0 radical (unpaired) electrons. The van der Waals surface area contributed by atoms with Crippen LogP contribution in [0, 0.1) is 17.2 Å². The Morgan fingerprint density at radius 3 is 2.44 bits per heavy atom. The molecule has 6 heteroatoms. The van der Waals surface area contributed by atoms with E-state index in [0.717, 1.165) is 0 Å². The summed E-state index contributed by atoms with van der Waals surface area (Å²) in [6, 6.07) is 15.2. The van der Waals surface area contributed by atoms with E-state index in [1.54, 1.807) is 42.5 Å². The summed E-state index contributed by atoms with van der Waals surface area (Å²) < 4.78 is 5.06. The Morgan fingerprint density at radius 1 is 1.08 bits per heavy atom. The second-order valence-electron chi connectivity index (χ2n) is 5.84. The number of nitriles is 1. The number of benzene rings is 2. The molecule has 0 bridgehead atoms. The highest BCUT2D eigenvalue weighted by atomic mass is 16.5. The first-order valence-corrected chi connectivity index (χ1v) is 7.83. The summed E-state index contributed by atoms with van der Waals surface area (Å²) in [7, 11) is 0. The fraction of sp³-hybridized carbons (Fsp3) is 0.211.